The molecule has 0 fully saturated rings. The lowest BCUT2D eigenvalue weighted by Gasteiger charge is -2.24. The van der Waals surface area contributed by atoms with Crippen LogP contribution in [0.5, 0.6) is 0 Å². The number of allylic oxidation sites excluding steroid dienone is 1. The summed E-state index contributed by atoms with van der Waals surface area (Å²) in [4.78, 5) is 16.9. The molecule has 42 heavy (non-hydrogen) atoms. The van der Waals surface area contributed by atoms with Crippen molar-refractivity contribution in [2.75, 3.05) is 19.0 Å². The number of hydrogen-bond donors (Lipinski definition) is 0. The van der Waals surface area contributed by atoms with Crippen LogP contribution in [0.4, 0.5) is 45.5 Å². The van der Waals surface area contributed by atoms with Crippen LogP contribution < -0.4 is 4.90 Å². The van der Waals surface area contributed by atoms with Gasteiger partial charge in [-0.15, -0.1) is 5.10 Å². The molecule has 0 amide bonds. The highest BCUT2D eigenvalue weighted by atomic mass is 19.4. The monoisotopic (exact) mass is 608 g/mol. The van der Waals surface area contributed by atoms with E-state index < -0.39 is 59.7 Å². The van der Waals surface area contributed by atoms with Crippen LogP contribution in [-0.4, -0.2) is 45.0 Å². The summed E-state index contributed by atoms with van der Waals surface area (Å²) in [5.41, 5.74) is -4.85. The first-order valence-corrected chi connectivity index (χ1v) is 12.2. The van der Waals surface area contributed by atoms with Crippen molar-refractivity contribution in [3.8, 4) is 0 Å². The Kier molecular flexibility index (Phi) is 9.27. The van der Waals surface area contributed by atoms with Gasteiger partial charge in [-0.2, -0.15) is 44.3 Å². The molecule has 0 atom stereocenters. The molecule has 16 heteroatoms. The van der Waals surface area contributed by atoms with Gasteiger partial charge in [-0.1, -0.05) is 18.1 Å². The van der Waals surface area contributed by atoms with Crippen LogP contribution in [0.3, 0.4) is 0 Å². The van der Waals surface area contributed by atoms with Gasteiger partial charge in [-0.05, 0) is 53.1 Å². The van der Waals surface area contributed by atoms with Crippen LogP contribution >= 0.6 is 0 Å². The number of aryl methyl sites for hydroxylation is 1. The molecule has 0 aliphatic heterocycles. The molecular formula is C26H25F9N6O. The Morgan fingerprint density at radius 3 is 1.88 bits per heavy atom. The Labute approximate surface area is 234 Å². The fourth-order valence-corrected chi connectivity index (χ4v) is 4.05. The summed E-state index contributed by atoms with van der Waals surface area (Å²) in [6, 6.07) is 3.34. The standard InChI is InChI=1S/C26H25F9N6O/c1-5-16(13-39(2)3)22(42)21-7-6-18(24(27,28)29)10-17(21)14-41(23-36-38-40(4)37-23)12-15-8-19(25(30,31)32)11-20(9-15)26(33,34)35/h6-11,13H,5,12,14H2,1-4H3. The summed E-state index contributed by atoms with van der Waals surface area (Å²) >= 11 is 0. The average molecular weight is 609 g/mol. The van der Waals surface area contributed by atoms with Crippen molar-refractivity contribution < 1.29 is 44.3 Å². The normalized spacial score (nSPS) is 12.9. The second kappa shape index (κ2) is 12.0. The van der Waals surface area contributed by atoms with Gasteiger partial charge in [0.2, 0.25) is 0 Å². The molecule has 0 saturated heterocycles. The van der Waals surface area contributed by atoms with E-state index in [4.69, 9.17) is 0 Å². The van der Waals surface area contributed by atoms with E-state index in [1.807, 2.05) is 0 Å². The van der Waals surface area contributed by atoms with E-state index in [9.17, 15) is 44.3 Å². The van der Waals surface area contributed by atoms with E-state index in [2.05, 4.69) is 15.4 Å². The lowest BCUT2D eigenvalue weighted by Crippen LogP contribution is -2.26. The number of carbonyl (C=O) groups is 1. The first kappa shape index (κ1) is 32.4. The molecule has 0 aliphatic carbocycles. The number of nitrogens with zero attached hydrogens (tertiary/aromatic N) is 6. The molecule has 0 bridgehead atoms. The van der Waals surface area contributed by atoms with Crippen molar-refractivity contribution in [2.24, 2.45) is 7.05 Å². The van der Waals surface area contributed by atoms with Crippen molar-refractivity contribution in [3.63, 3.8) is 0 Å². The second-order valence-corrected chi connectivity index (χ2v) is 9.52. The third-order valence-corrected chi connectivity index (χ3v) is 5.93. The van der Waals surface area contributed by atoms with Gasteiger partial charge in [0.15, 0.2) is 5.78 Å². The molecule has 0 spiro atoms. The summed E-state index contributed by atoms with van der Waals surface area (Å²) in [5, 5.41) is 11.3. The van der Waals surface area contributed by atoms with Crippen LogP contribution in [0.2, 0.25) is 0 Å². The molecule has 3 rings (SSSR count). The number of benzene rings is 2. The first-order valence-electron chi connectivity index (χ1n) is 12.2. The van der Waals surface area contributed by atoms with Gasteiger partial charge in [0.25, 0.3) is 5.95 Å². The molecule has 0 radical (unpaired) electrons. The number of carbonyl (C=O) groups excluding carboxylic acids is 1. The fraction of sp³-hybridized carbons (Fsp3) is 0.385. The molecule has 7 nitrogen and oxygen atoms in total. The molecule has 1 aromatic heterocycles. The molecule has 0 unspecified atom stereocenters. The smallest absolute Gasteiger partial charge is 0.383 e. The topological polar surface area (TPSA) is 67.2 Å². The summed E-state index contributed by atoms with van der Waals surface area (Å²) in [5.74, 6) is -0.917. The summed E-state index contributed by atoms with van der Waals surface area (Å²) < 4.78 is 122. The SMILES string of the molecule is CCC(=CN(C)C)C(=O)c1ccc(C(F)(F)F)cc1CN(Cc1cc(C(F)(F)F)cc(C(F)(F)F)c1)c1nnn(C)n1. The molecule has 228 valence electrons. The largest absolute Gasteiger partial charge is 0.416 e. The van der Waals surface area contributed by atoms with Gasteiger partial charge in [-0.25, -0.2) is 0 Å². The number of halogens is 9. The van der Waals surface area contributed by atoms with Crippen molar-refractivity contribution in [1.29, 1.82) is 0 Å². The summed E-state index contributed by atoms with van der Waals surface area (Å²) in [6.07, 6.45) is -13.4. The third kappa shape index (κ3) is 8.00. The van der Waals surface area contributed by atoms with Crippen molar-refractivity contribution in [2.45, 2.75) is 45.0 Å². The minimum Gasteiger partial charge on any atom is -0.383 e. The number of aromatic nitrogens is 4. The zero-order valence-corrected chi connectivity index (χ0v) is 22.7. The van der Waals surface area contributed by atoms with Gasteiger partial charge in [0.05, 0.1) is 23.7 Å². The van der Waals surface area contributed by atoms with Crippen LogP contribution in [0, 0.1) is 0 Å². The Hall–Kier alpha value is -4.11. The van der Waals surface area contributed by atoms with Gasteiger partial charge in [0.1, 0.15) is 0 Å². The lowest BCUT2D eigenvalue weighted by atomic mass is 9.95. The van der Waals surface area contributed by atoms with Crippen molar-refractivity contribution in [3.05, 3.63) is 81.6 Å². The third-order valence-electron chi connectivity index (χ3n) is 5.93. The maximum Gasteiger partial charge on any atom is 0.416 e. The number of anilines is 1. The quantitative estimate of drug-likeness (QED) is 0.157. The van der Waals surface area contributed by atoms with Gasteiger partial charge >= 0.3 is 18.5 Å². The highest BCUT2D eigenvalue weighted by Gasteiger charge is 2.37. The molecule has 3 aromatic rings. The van der Waals surface area contributed by atoms with Crippen molar-refractivity contribution in [1.82, 2.24) is 25.1 Å². The lowest BCUT2D eigenvalue weighted by molar-refractivity contribution is -0.143. The van der Waals surface area contributed by atoms with Crippen molar-refractivity contribution >= 4 is 11.7 Å². The molecule has 1 heterocycles. The van der Waals surface area contributed by atoms with E-state index in [1.165, 1.54) is 13.2 Å². The molecule has 0 saturated carbocycles. The van der Waals surface area contributed by atoms with Crippen LogP contribution in [0.25, 0.3) is 0 Å². The first-order chi connectivity index (χ1) is 19.3. The predicted octanol–water partition coefficient (Wildman–Crippen LogP) is 6.51. The number of ketones is 1. The number of hydrogen-bond acceptors (Lipinski definition) is 6. The number of Topliss-reactive ketones (excluding diaryl/α,β-unsaturated/α-hetero) is 1. The minimum atomic E-state index is -5.12. The summed E-state index contributed by atoms with van der Waals surface area (Å²) in [6.45, 7) is 0.378. The average Bonchev–Trinajstić information content (AvgIpc) is 3.30. The molecule has 2 aromatic carbocycles. The van der Waals surface area contributed by atoms with E-state index in [-0.39, 0.29) is 35.1 Å². The minimum absolute atomic E-state index is 0.0403. The molecule has 0 N–H and O–H groups in total. The zero-order chi connectivity index (χ0) is 31.6. The van der Waals surface area contributed by atoms with Gasteiger partial charge in [0, 0.05) is 44.5 Å². The van der Waals surface area contributed by atoms with Crippen LogP contribution in [0.15, 0.2) is 48.2 Å². The Balaban J connectivity index is 2.19. The Bertz CT molecular complexity index is 1420. The highest BCUT2D eigenvalue weighted by Crippen LogP contribution is 2.37. The van der Waals surface area contributed by atoms with Crippen LogP contribution in [0.1, 0.15) is 51.5 Å². The fourth-order valence-electron chi connectivity index (χ4n) is 4.05. The predicted molar refractivity (Wildman–Crippen MR) is 133 cm³/mol. The second-order valence-electron chi connectivity index (χ2n) is 9.52. The van der Waals surface area contributed by atoms with Gasteiger partial charge in [-0.3, -0.25) is 4.79 Å². The maximum atomic E-state index is 13.7. The molecular weight excluding hydrogens is 583 g/mol. The Morgan fingerprint density at radius 1 is 0.857 bits per heavy atom. The van der Waals surface area contributed by atoms with E-state index in [1.54, 1.807) is 25.9 Å². The number of alkyl halides is 9. The highest BCUT2D eigenvalue weighted by molar-refractivity contribution is 6.09. The maximum absolute atomic E-state index is 13.7. The zero-order valence-electron chi connectivity index (χ0n) is 22.7. The van der Waals surface area contributed by atoms with Crippen LogP contribution in [-0.2, 0) is 38.7 Å². The summed E-state index contributed by atoms with van der Waals surface area (Å²) in [7, 11) is 4.62. The Morgan fingerprint density at radius 2 is 1.43 bits per heavy atom. The van der Waals surface area contributed by atoms with Gasteiger partial charge < -0.3 is 9.80 Å². The number of rotatable bonds is 9. The van der Waals surface area contributed by atoms with E-state index in [0.29, 0.717) is 24.3 Å². The van der Waals surface area contributed by atoms with E-state index in [0.717, 1.165) is 15.8 Å². The molecule has 0 aliphatic rings. The van der Waals surface area contributed by atoms with E-state index >= 15 is 0 Å². The number of tetrazole rings is 1.